The molecule has 0 radical (unpaired) electrons. The third-order valence-corrected chi connectivity index (χ3v) is 10.3. The fourth-order valence-electron chi connectivity index (χ4n) is 6.69. The molecule has 5 N–H and O–H groups in total. The molecule has 2 aliphatic heterocycles. The molecule has 0 saturated heterocycles. The lowest BCUT2D eigenvalue weighted by molar-refractivity contribution is -0.172. The van der Waals surface area contributed by atoms with Crippen LogP contribution in [0.4, 0.5) is 4.39 Å². The number of fused-ring (bicyclic) bond motifs is 5. The summed E-state index contributed by atoms with van der Waals surface area (Å²) in [5.74, 6) is -0.884. The second-order valence-electron chi connectivity index (χ2n) is 15.2. The zero-order chi connectivity index (χ0) is 48.9. The maximum atomic E-state index is 13.5. The van der Waals surface area contributed by atoms with Gasteiger partial charge in [0.1, 0.15) is 12.4 Å². The molecule has 5 rings (SSSR count). The number of nitroso groups, excluding NO2 is 1. The Hall–Kier alpha value is -5.91. The first-order valence-electron chi connectivity index (χ1n) is 21.8. The van der Waals surface area contributed by atoms with Gasteiger partial charge in [-0.1, -0.05) is 52.6 Å². The van der Waals surface area contributed by atoms with E-state index in [0.29, 0.717) is 97.7 Å². The number of hydrogen-bond donors (Lipinski definition) is 4. The van der Waals surface area contributed by atoms with Crippen molar-refractivity contribution in [3.8, 4) is 17.1 Å². The number of halogens is 2. The highest BCUT2D eigenvalue weighted by Gasteiger charge is 2.45. The van der Waals surface area contributed by atoms with Crippen molar-refractivity contribution in [1.82, 2.24) is 20.2 Å². The zero-order valence-electron chi connectivity index (χ0n) is 39.1. The number of ether oxygens (including phenoxy) is 2. The van der Waals surface area contributed by atoms with Crippen LogP contribution in [0.1, 0.15) is 117 Å². The summed E-state index contributed by atoms with van der Waals surface area (Å²) in [6, 6.07) is 7.00. The van der Waals surface area contributed by atoms with Crippen molar-refractivity contribution in [1.29, 1.82) is 0 Å². The Morgan fingerprint density at radius 2 is 1.58 bits per heavy atom. The number of nitrogens with zero attached hydrogens (tertiary/aromatic N) is 3. The van der Waals surface area contributed by atoms with Gasteiger partial charge in [-0.15, -0.1) is 12.4 Å². The van der Waals surface area contributed by atoms with Gasteiger partial charge in [-0.2, -0.15) is 4.91 Å². The number of cyclic esters (lactones) is 1. The van der Waals surface area contributed by atoms with Crippen molar-refractivity contribution < 1.29 is 44.3 Å². The first kappa shape index (κ1) is 58.1. The van der Waals surface area contributed by atoms with Gasteiger partial charge < -0.3 is 35.5 Å². The number of amides is 2. The van der Waals surface area contributed by atoms with Crippen molar-refractivity contribution >= 4 is 52.8 Å². The number of ketones is 1. The molecule has 2 aromatic heterocycles. The maximum Gasteiger partial charge on any atom is 0.343 e. The van der Waals surface area contributed by atoms with Crippen LogP contribution in [0.2, 0.25) is 0 Å². The van der Waals surface area contributed by atoms with Gasteiger partial charge in [0.2, 0.25) is 11.8 Å². The van der Waals surface area contributed by atoms with Gasteiger partial charge in [-0.3, -0.25) is 28.4 Å². The number of carbonyl (C=O) groups excluding carboxylic acids is 5. The Kier molecular flexibility index (Phi) is 26.1. The van der Waals surface area contributed by atoms with Crippen LogP contribution in [0.5, 0.6) is 5.75 Å². The summed E-state index contributed by atoms with van der Waals surface area (Å²) in [4.78, 5) is 86.1. The van der Waals surface area contributed by atoms with Crippen molar-refractivity contribution in [3.05, 3.63) is 98.2 Å². The zero-order valence-corrected chi connectivity index (χ0v) is 38.9. The number of unbranched alkanes of at least 4 members (excludes halogenated alkanes) is 2. The third-order valence-electron chi connectivity index (χ3n) is 10.3. The molecule has 0 saturated carbocycles. The molecule has 0 spiro atoms. The molecule has 3 aromatic rings. The Balaban J connectivity index is 0.00000139. The quantitative estimate of drug-likeness (QED) is 0.0241. The molecule has 0 bridgehead atoms. The second kappa shape index (κ2) is 29.6. The molecule has 18 heteroatoms. The van der Waals surface area contributed by atoms with E-state index >= 15 is 0 Å². The number of esters is 2. The van der Waals surface area contributed by atoms with E-state index in [1.165, 1.54) is 0 Å². The second-order valence-corrected chi connectivity index (χ2v) is 15.2. The molecule has 66 heavy (non-hydrogen) atoms. The summed E-state index contributed by atoms with van der Waals surface area (Å²) >= 11 is 0. The van der Waals surface area contributed by atoms with E-state index in [2.05, 4.69) is 35.5 Å². The number of Topliss-reactive ketones (excluding diaryl/α,β-unsaturated/α-hetero) is 1. The average molecular weight is 945 g/mol. The van der Waals surface area contributed by atoms with Gasteiger partial charge in [0.15, 0.2) is 11.4 Å². The van der Waals surface area contributed by atoms with Crippen molar-refractivity contribution in [2.45, 2.75) is 119 Å². The summed E-state index contributed by atoms with van der Waals surface area (Å²) < 4.78 is 27.9. The van der Waals surface area contributed by atoms with Crippen LogP contribution >= 0.6 is 12.4 Å². The molecule has 16 nitrogen and oxygen atoms in total. The van der Waals surface area contributed by atoms with Gasteiger partial charge in [0.25, 0.3) is 5.56 Å². The highest BCUT2D eigenvalue weighted by atomic mass is 35.5. The standard InChI is InChI=1S/C32H34N2O7.C7H12N2O2.C7H14N2O.CH3F.CH4.ClH/c1-5-20-21-14-19(41-28(36)11-9-7-8-10-27(35)18(3)4)12-13-25(21)33-29-22(20)16-34-26(29)15-24-23(30(34)37)17-40-31(38)32(24,39)6-2;1-6(2)7(10)8-4-3-5-9-11;1-6(2)7(10)9-5-3-4-8;1-2;;/h12-15,39H,3,5-11,16-17H2,1-2,4H3;1,3-5H2,2H3,(H,8,10);1,3-5,8H2,2H3,(H,9,10);1H3;1H4;1H/t32-;;;;;/m1...../s1/i;;;1D;;. The summed E-state index contributed by atoms with van der Waals surface area (Å²) in [5.41, 5.74) is 8.93. The number of carbonyl (C=O) groups is 5. The Morgan fingerprint density at radius 3 is 2.12 bits per heavy atom. The van der Waals surface area contributed by atoms with Gasteiger partial charge in [0, 0.05) is 53.6 Å². The fourth-order valence-corrected chi connectivity index (χ4v) is 6.69. The lowest BCUT2D eigenvalue weighted by Gasteiger charge is -2.31. The summed E-state index contributed by atoms with van der Waals surface area (Å²) in [6.45, 7) is 21.4. The SMILES string of the molecule is C.C=C(C)C(=O)CCCCCC(=O)Oc1ccc2nc3c(c(CC)c2c1)Cn1c-3cc2c(c1=O)COC(=O)[C@@]2(O)CC.C=C(C)C(=O)NCCCN.C=C(C)C(=O)NCCCN=O.Cl.[2H]CF. The number of aryl methyl sites for hydroxylation is 1. The number of benzene rings is 1. The van der Waals surface area contributed by atoms with Crippen molar-refractivity contribution in [2.24, 2.45) is 10.9 Å². The number of alkyl halides is 1. The summed E-state index contributed by atoms with van der Waals surface area (Å²) in [7, 11) is -1.00. The van der Waals surface area contributed by atoms with Gasteiger partial charge >= 0.3 is 11.9 Å². The number of hydrogen-bond acceptors (Lipinski definition) is 13. The van der Waals surface area contributed by atoms with Crippen LogP contribution < -0.4 is 26.7 Å². The normalized spacial score (nSPS) is 13.7. The maximum absolute atomic E-state index is 13.5. The van der Waals surface area contributed by atoms with Crippen LogP contribution in [-0.4, -0.2) is 77.5 Å². The molecule has 0 fully saturated rings. The number of nitrogens with one attached hydrogen (secondary N) is 2. The number of aliphatic hydroxyl groups is 1. The third kappa shape index (κ3) is 16.2. The van der Waals surface area contributed by atoms with Crippen molar-refractivity contribution in [3.63, 3.8) is 0 Å². The topological polar surface area (TPSA) is 238 Å². The molecule has 1 atom stereocenters. The van der Waals surface area contributed by atoms with E-state index < -0.39 is 18.7 Å². The number of pyridine rings is 2. The minimum Gasteiger partial charge on any atom is -0.458 e. The smallest absolute Gasteiger partial charge is 0.343 e. The first-order valence-corrected chi connectivity index (χ1v) is 21.1. The molecule has 0 aliphatic carbocycles. The summed E-state index contributed by atoms with van der Waals surface area (Å²) in [6.07, 6.45) is 4.92. The van der Waals surface area contributed by atoms with E-state index in [1.54, 1.807) is 50.5 Å². The number of aromatic nitrogens is 2. The van der Waals surface area contributed by atoms with Crippen LogP contribution in [0.3, 0.4) is 0 Å². The van der Waals surface area contributed by atoms with Crippen molar-refractivity contribution in [2.75, 3.05) is 33.3 Å². The molecule has 2 aliphatic rings. The molecular weight excluding hydrogens is 875 g/mol. The minimum atomic E-state index is -1.88. The molecule has 1 aromatic carbocycles. The van der Waals surface area contributed by atoms with E-state index in [9.17, 15) is 43.2 Å². The van der Waals surface area contributed by atoms with Crippen LogP contribution in [0.15, 0.2) is 70.7 Å². The molecular formula is C48H68ClFN6O10. The molecule has 364 valence electrons. The van der Waals surface area contributed by atoms with Crippen LogP contribution in [-0.2, 0) is 53.9 Å². The monoisotopic (exact) mass is 943 g/mol. The fraction of sp³-hybridized carbons (Fsp3) is 0.479. The van der Waals surface area contributed by atoms with E-state index in [4.69, 9.17) is 21.6 Å². The number of allylic oxidation sites excluding steroid dienone is 1. The first-order chi connectivity index (χ1) is 30.9. The Labute approximate surface area is 394 Å². The predicted octanol–water partition coefficient (Wildman–Crippen LogP) is 7.15. The lowest BCUT2D eigenvalue weighted by Crippen LogP contribution is -2.44. The van der Waals surface area contributed by atoms with Gasteiger partial charge in [0.05, 0.1) is 44.1 Å². The highest BCUT2D eigenvalue weighted by molar-refractivity contribution is 5.94. The summed E-state index contributed by atoms with van der Waals surface area (Å²) in [5, 5.41) is 19.8. The van der Waals surface area contributed by atoms with Crippen LogP contribution in [0.25, 0.3) is 22.3 Å². The lowest BCUT2D eigenvalue weighted by atomic mass is 9.86. The Morgan fingerprint density at radius 1 is 0.970 bits per heavy atom. The number of rotatable bonds is 19. The van der Waals surface area contributed by atoms with E-state index in [0.717, 1.165) is 29.4 Å². The van der Waals surface area contributed by atoms with E-state index in [1.807, 2.05) is 13.0 Å². The van der Waals surface area contributed by atoms with E-state index in [-0.39, 0.29) is 86.1 Å². The highest BCUT2D eigenvalue weighted by Crippen LogP contribution is 2.40. The van der Waals surface area contributed by atoms with Crippen LogP contribution in [0, 0.1) is 4.91 Å². The van der Waals surface area contributed by atoms with Gasteiger partial charge in [-0.25, -0.2) is 9.78 Å². The average Bonchev–Trinajstić information content (AvgIpc) is 3.64. The number of nitrogens with two attached hydrogens (primary N) is 1. The Bertz CT molecular complexity index is 2320. The van der Waals surface area contributed by atoms with Gasteiger partial charge in [-0.05, 0) is 101 Å². The predicted molar refractivity (Wildman–Crippen MR) is 258 cm³/mol. The minimum absolute atomic E-state index is 0. The molecule has 4 heterocycles. The molecule has 2 amide bonds. The molecule has 0 unspecified atom stereocenters. The largest absolute Gasteiger partial charge is 0.458 e.